The van der Waals surface area contributed by atoms with Crippen molar-refractivity contribution in [2.45, 2.75) is 258 Å². The van der Waals surface area contributed by atoms with E-state index in [4.69, 9.17) is 130 Å². The second kappa shape index (κ2) is 43.7. The Morgan fingerprint density at radius 3 is 1.28 bits per heavy atom. The van der Waals surface area contributed by atoms with Gasteiger partial charge in [0, 0.05) is 142 Å². The highest BCUT2D eigenvalue weighted by Gasteiger charge is 2.60. The largest absolute Gasteiger partial charge is 0.390 e. The molecule has 2 aromatic rings. The molecule has 4 amide bonds. The lowest BCUT2D eigenvalue weighted by atomic mass is 9.79. The van der Waals surface area contributed by atoms with Crippen LogP contribution in [-0.4, -0.2) is 442 Å². The van der Waals surface area contributed by atoms with Gasteiger partial charge >= 0.3 is 0 Å². The Bertz CT molecular complexity index is 3800. The van der Waals surface area contributed by atoms with Crippen LogP contribution in [0.5, 0.6) is 0 Å². The maximum atomic E-state index is 14.2. The Hall–Kier alpha value is -3.18. The summed E-state index contributed by atoms with van der Waals surface area (Å²) in [7, 11) is 0. The minimum absolute atomic E-state index is 0.00429. The second-order valence-corrected chi connectivity index (χ2v) is 37.7. The molecule has 7 aliphatic heterocycles. The summed E-state index contributed by atoms with van der Waals surface area (Å²) in [6.07, 6.45) is -36.3. The summed E-state index contributed by atoms with van der Waals surface area (Å²) < 4.78 is 79.6. The van der Waals surface area contributed by atoms with E-state index in [2.05, 4.69) is 0 Å². The highest BCUT2D eigenvalue weighted by molar-refractivity contribution is 8.00. The maximum absolute atomic E-state index is 14.2. The lowest BCUT2D eigenvalue weighted by molar-refractivity contribution is -0.437. The highest BCUT2D eigenvalue weighted by Crippen LogP contribution is 2.46. The second-order valence-electron chi connectivity index (χ2n) is 33.1. The molecule has 12 rings (SSSR count). The van der Waals surface area contributed by atoms with Gasteiger partial charge in [-0.2, -0.15) is 47.0 Å². The van der Waals surface area contributed by atoms with Gasteiger partial charge in [-0.15, -0.1) is 0 Å². The molecule has 38 N–H and O–H groups in total. The Balaban J connectivity index is 0.575. The van der Waals surface area contributed by atoms with Gasteiger partial charge in [0.15, 0.2) is 30.9 Å². The SMILES string of the molecule is NCC1CC(OC2C(N)CC(N)C(O)C2OC2OC(CSCCOCCSCC(O)CN3C(=O)c4ccc5c6c(ccc(c46)C3=O)C(=O)N(CC(O)CSCCOCCSCC3(OC4OC(CN)C(O)C(O)C4N)CCC(O)(OC4C(O)C(N)CC(N)C4OC4OC(CN)C(O)C(O)C4N)O3)C5=O)C(OC3OC(CN)C(O)C(O)C3N)C2O)C(N)C(O)C1O. The van der Waals surface area contributed by atoms with Crippen molar-refractivity contribution < 1.29 is 152 Å². The first kappa shape index (κ1) is 99.8. The Kier molecular flexibility index (Phi) is 35.2. The summed E-state index contributed by atoms with van der Waals surface area (Å²) in [6, 6.07) is -3.22. The van der Waals surface area contributed by atoms with Crippen LogP contribution < -0.4 is 68.8 Å². The molecular formula is C75H124N14O31S4. The molecule has 10 aliphatic rings. The zero-order valence-corrected chi connectivity index (χ0v) is 71.3. The van der Waals surface area contributed by atoms with Crippen molar-refractivity contribution in [3.8, 4) is 0 Å². The first-order valence-electron chi connectivity index (χ1n) is 41.5. The van der Waals surface area contributed by atoms with Gasteiger partial charge in [0.05, 0.1) is 113 Å². The summed E-state index contributed by atoms with van der Waals surface area (Å²) in [5.74, 6) is -6.30. The van der Waals surface area contributed by atoms with Crippen LogP contribution >= 0.6 is 47.0 Å². The monoisotopic (exact) mass is 1840 g/mol. The number of imide groups is 2. The number of ether oxygens (including phenoxy) is 13. The molecule has 0 radical (unpaired) electrons. The Labute approximate surface area is 730 Å². The first-order valence-corrected chi connectivity index (χ1v) is 46.1. The Morgan fingerprint density at radius 1 is 0.411 bits per heavy atom. The third kappa shape index (κ3) is 21.8. The van der Waals surface area contributed by atoms with Crippen molar-refractivity contribution in [1.29, 1.82) is 0 Å². The van der Waals surface area contributed by atoms with E-state index in [1.807, 2.05) is 0 Å². The fourth-order valence-corrected chi connectivity index (χ4v) is 20.7. The van der Waals surface area contributed by atoms with Crippen molar-refractivity contribution in [3.05, 3.63) is 46.5 Å². The van der Waals surface area contributed by atoms with Crippen LogP contribution in [0.2, 0.25) is 0 Å². The molecule has 5 saturated heterocycles. The van der Waals surface area contributed by atoms with Crippen LogP contribution in [-0.2, 0) is 61.6 Å². The molecule has 8 fully saturated rings. The summed E-state index contributed by atoms with van der Waals surface area (Å²) in [5, 5.41) is 155. The molecule has 124 heavy (non-hydrogen) atoms. The lowest BCUT2D eigenvalue weighted by Gasteiger charge is -2.48. The number of amides is 4. The van der Waals surface area contributed by atoms with Crippen LogP contribution in [0.25, 0.3) is 10.8 Å². The molecule has 0 bridgehead atoms. The summed E-state index contributed by atoms with van der Waals surface area (Å²) >= 11 is 5.17. The molecule has 38 atom stereocenters. The molecular weight excluding hydrogens is 1720 g/mol. The smallest absolute Gasteiger partial charge is 0.283 e. The molecule has 3 saturated carbocycles. The van der Waals surface area contributed by atoms with Crippen molar-refractivity contribution in [3.63, 3.8) is 0 Å². The lowest BCUT2D eigenvalue weighted by Crippen LogP contribution is -2.68. The molecule has 38 unspecified atom stereocenters. The number of hydrogen-bond donors (Lipinski definition) is 26. The number of carbonyl (C=O) groups excluding carboxylic acids is 4. The number of aliphatic hydroxyl groups is 14. The number of rotatable bonds is 40. The third-order valence-corrected chi connectivity index (χ3v) is 28.7. The number of carbonyl (C=O) groups is 4. The van der Waals surface area contributed by atoms with Crippen molar-refractivity contribution in [2.24, 2.45) is 74.7 Å². The van der Waals surface area contributed by atoms with Crippen LogP contribution in [0.1, 0.15) is 73.5 Å². The van der Waals surface area contributed by atoms with E-state index in [0.29, 0.717) is 23.0 Å². The number of nitrogens with two attached hydrogens (primary N) is 12. The van der Waals surface area contributed by atoms with E-state index < -0.39 is 262 Å². The number of hydrogen-bond acceptors (Lipinski definition) is 47. The van der Waals surface area contributed by atoms with E-state index in [9.17, 15) is 90.7 Å². The van der Waals surface area contributed by atoms with Crippen LogP contribution in [0, 0.1) is 5.92 Å². The standard InChI is InChI=1S/C75H124N14O31S4/c76-18-28-15-39(46(84)56(98)50(28)92)110-61-37(82)16-35(80)51(93)64(61)117-73-60(102)63(116-71-48(86)58(100)54(96)41(20-78)112-71)43(114-73)26-123-13-9-108-7-11-121-24-29(90)22-88-66(103)31-1-3-33-45-34(4-2-32(44(31)45)67(88)104)69(106)89(68(33)105)23-30(91)25-122-12-8-109-10-14-124-27-74(119-72-49(87)59(101)55(97)42(21-79)113-72)5-6-75(107,120-74)118-65-52(94)36(81)17-38(83)62(65)115-70-47(85)57(99)53(95)40(19-77)111-70/h1-4,28-30,35-43,46-65,70-73,90-102,107H,5-27,76-87H2. The molecule has 7 heterocycles. The average molecular weight is 1850 g/mol. The van der Waals surface area contributed by atoms with E-state index in [0.717, 1.165) is 9.80 Å². The summed E-state index contributed by atoms with van der Waals surface area (Å²) in [4.78, 5) is 58.5. The van der Waals surface area contributed by atoms with E-state index >= 15 is 0 Å². The normalized spacial score (nSPS) is 42.0. The van der Waals surface area contributed by atoms with Gasteiger partial charge in [0.1, 0.15) is 91.6 Å². The molecule has 45 nitrogen and oxygen atoms in total. The van der Waals surface area contributed by atoms with Gasteiger partial charge in [-0.25, -0.2) is 0 Å². The van der Waals surface area contributed by atoms with Crippen LogP contribution in [0.15, 0.2) is 24.3 Å². The maximum Gasteiger partial charge on any atom is 0.283 e. The number of aliphatic hydroxyl groups excluding tert-OH is 13. The zero-order chi connectivity index (χ0) is 89.8. The molecule has 49 heteroatoms. The number of β-amino-alcohol motifs (C(OH)–C–C–N with tert-alkyl or cyclic N) is 2. The zero-order valence-electron chi connectivity index (χ0n) is 68.0. The number of nitrogens with zero attached hydrogens (tertiary/aromatic N) is 2. The van der Waals surface area contributed by atoms with E-state index in [1.165, 1.54) is 71.3 Å². The molecule has 704 valence electrons. The molecule has 0 aromatic heterocycles. The minimum Gasteiger partial charge on any atom is -0.390 e. The van der Waals surface area contributed by atoms with E-state index in [-0.39, 0.29) is 147 Å². The minimum atomic E-state index is -2.56. The molecule has 3 aliphatic carbocycles. The van der Waals surface area contributed by atoms with Gasteiger partial charge in [-0.1, -0.05) is 0 Å². The highest BCUT2D eigenvalue weighted by atomic mass is 32.2. The number of benzene rings is 2. The van der Waals surface area contributed by atoms with Crippen LogP contribution in [0.3, 0.4) is 0 Å². The summed E-state index contributed by atoms with van der Waals surface area (Å²) in [6.45, 7) is -0.671. The van der Waals surface area contributed by atoms with Gasteiger partial charge < -0.3 is 197 Å². The van der Waals surface area contributed by atoms with Crippen molar-refractivity contribution in [1.82, 2.24) is 9.80 Å². The van der Waals surface area contributed by atoms with Gasteiger partial charge in [0.2, 0.25) is 0 Å². The third-order valence-electron chi connectivity index (χ3n) is 24.4. The molecule has 2 aromatic carbocycles. The fraction of sp³-hybridized carbons (Fsp3) is 0.813. The first-order chi connectivity index (χ1) is 59.0. The van der Waals surface area contributed by atoms with E-state index in [1.54, 1.807) is 0 Å². The summed E-state index contributed by atoms with van der Waals surface area (Å²) in [5.41, 5.74) is 74.4. The van der Waals surface area contributed by atoms with Crippen molar-refractivity contribution >= 4 is 81.4 Å². The van der Waals surface area contributed by atoms with Gasteiger partial charge in [-0.05, 0) is 50.1 Å². The fourth-order valence-electron chi connectivity index (χ4n) is 17.3. The van der Waals surface area contributed by atoms with Crippen LogP contribution in [0.4, 0.5) is 0 Å². The van der Waals surface area contributed by atoms with Gasteiger partial charge in [0.25, 0.3) is 29.6 Å². The quantitative estimate of drug-likeness (QED) is 0.0167. The number of thioether (sulfide) groups is 4. The predicted molar refractivity (Wildman–Crippen MR) is 443 cm³/mol. The topological polar surface area (TPSA) is 790 Å². The Morgan fingerprint density at radius 2 is 0.815 bits per heavy atom. The van der Waals surface area contributed by atoms with Crippen molar-refractivity contribution in [2.75, 3.05) is 112 Å². The molecule has 0 spiro atoms. The average Bonchev–Trinajstić information content (AvgIpc) is 0.910. The van der Waals surface area contributed by atoms with Gasteiger partial charge in [-0.3, -0.25) is 33.7 Å². The predicted octanol–water partition coefficient (Wildman–Crippen LogP) is -12.7.